The Kier molecular flexibility index (Phi) is 0.667. The Balaban J connectivity index is 0.000000250. The fraction of sp³-hybridized carbons (Fsp3) is 0. The second-order valence-corrected chi connectivity index (χ2v) is 1.31. The van der Waals surface area contributed by atoms with E-state index >= 15 is 0 Å². The van der Waals surface area contributed by atoms with Crippen LogP contribution in [0.4, 0.5) is 0 Å². The largest absolute Gasteiger partial charge is 1.00 e. The highest BCUT2D eigenvalue weighted by Gasteiger charge is 1.61. The fourth-order valence-electron chi connectivity index (χ4n) is 0.152. The maximum absolute atomic E-state index is 3.62. The molecule has 0 bridgehead atoms. The highest BCUT2D eigenvalue weighted by atomic mass is 32.1. The van der Waals surface area contributed by atoms with Gasteiger partial charge in [0.1, 0.15) is 0 Å². The van der Waals surface area contributed by atoms with Crippen molar-refractivity contribution in [2.24, 2.45) is 0 Å². The summed E-state index contributed by atoms with van der Waals surface area (Å²) in [5.74, 6) is 0. The van der Waals surface area contributed by atoms with Crippen LogP contribution in [0.5, 0.6) is 0 Å². The number of rotatable bonds is 0. The van der Waals surface area contributed by atoms with E-state index in [1.807, 2.05) is 5.38 Å². The summed E-state index contributed by atoms with van der Waals surface area (Å²) in [4.78, 5) is 3.62. The van der Waals surface area contributed by atoms with E-state index in [1.165, 1.54) is 11.3 Å². The molecule has 0 aliphatic heterocycles. The van der Waals surface area contributed by atoms with Crippen molar-refractivity contribution in [1.29, 1.82) is 0 Å². The van der Waals surface area contributed by atoms with Gasteiger partial charge in [-0.25, -0.2) is 4.98 Å². The highest BCUT2D eigenvalue weighted by molar-refractivity contribution is 7.06. The SMILES string of the molecule is [H+].[c]1nccs1. The van der Waals surface area contributed by atoms with E-state index in [-0.39, 0.29) is 1.43 Å². The molecule has 0 aliphatic rings. The normalized spacial score (nSPS) is 8.00. The standard InChI is InChI=1S/C3H2NS/c1-2-5-3-4-1/h1-2H/p+1. The predicted octanol–water partition coefficient (Wildman–Crippen LogP) is 1.06. The monoisotopic (exact) mass is 85.0 g/mol. The van der Waals surface area contributed by atoms with Gasteiger partial charge in [0, 0.05) is 11.6 Å². The van der Waals surface area contributed by atoms with Gasteiger partial charge in [0.2, 0.25) is 0 Å². The molecule has 0 aliphatic carbocycles. The van der Waals surface area contributed by atoms with Gasteiger partial charge in [0.05, 0.1) is 0 Å². The van der Waals surface area contributed by atoms with Crippen LogP contribution in [-0.2, 0) is 0 Å². The summed E-state index contributed by atoms with van der Waals surface area (Å²) < 4.78 is 0. The molecule has 1 heterocycles. The lowest BCUT2D eigenvalue weighted by Gasteiger charge is -1.38. The average molecular weight is 85.1 g/mol. The quantitative estimate of drug-likeness (QED) is 0.459. The maximum Gasteiger partial charge on any atom is 1.00 e. The number of hydrogen-bond acceptors (Lipinski definition) is 2. The van der Waals surface area contributed by atoms with Crippen LogP contribution in [0.3, 0.4) is 0 Å². The van der Waals surface area contributed by atoms with E-state index in [0.29, 0.717) is 0 Å². The molecule has 0 atom stereocenters. The molecule has 0 aromatic carbocycles. The van der Waals surface area contributed by atoms with Gasteiger partial charge < -0.3 is 0 Å². The first kappa shape index (κ1) is 2.85. The molecule has 1 rings (SSSR count). The summed E-state index contributed by atoms with van der Waals surface area (Å²) in [5.41, 5.74) is 2.65. The van der Waals surface area contributed by atoms with Gasteiger partial charge in [-0.15, -0.1) is 11.3 Å². The maximum atomic E-state index is 3.62. The summed E-state index contributed by atoms with van der Waals surface area (Å²) in [5, 5.41) is 1.88. The minimum atomic E-state index is 0. The molecule has 1 radical (unpaired) electrons. The van der Waals surface area contributed by atoms with E-state index in [4.69, 9.17) is 0 Å². The third-order valence-electron chi connectivity index (χ3n) is 0.309. The molecule has 1 aromatic rings. The Hall–Kier alpha value is -0.370. The van der Waals surface area contributed by atoms with E-state index in [1.54, 1.807) is 6.20 Å². The van der Waals surface area contributed by atoms with Crippen LogP contribution in [0.25, 0.3) is 0 Å². The van der Waals surface area contributed by atoms with Crippen molar-refractivity contribution in [2.45, 2.75) is 0 Å². The highest BCUT2D eigenvalue weighted by Crippen LogP contribution is 1.84. The molecule has 0 amide bonds. The molecule has 0 saturated heterocycles. The zero-order valence-corrected chi connectivity index (χ0v) is 3.33. The summed E-state index contributed by atoms with van der Waals surface area (Å²) in [6.07, 6.45) is 1.71. The molecule has 0 saturated carbocycles. The van der Waals surface area contributed by atoms with Crippen molar-refractivity contribution in [2.75, 3.05) is 0 Å². The van der Waals surface area contributed by atoms with Gasteiger partial charge in [-0.2, -0.15) is 0 Å². The number of nitrogens with zero attached hydrogens (tertiary/aromatic N) is 1. The van der Waals surface area contributed by atoms with Crippen LogP contribution < -0.4 is 0 Å². The van der Waals surface area contributed by atoms with Gasteiger partial charge in [0.15, 0.2) is 5.51 Å². The molecule has 2 heteroatoms. The number of hydrogen-bond donors (Lipinski definition) is 0. The molecule has 5 heavy (non-hydrogen) atoms. The van der Waals surface area contributed by atoms with Crippen molar-refractivity contribution < 1.29 is 1.43 Å². The van der Waals surface area contributed by atoms with E-state index < -0.39 is 0 Å². The van der Waals surface area contributed by atoms with Crippen LogP contribution in [0, 0.1) is 5.51 Å². The van der Waals surface area contributed by atoms with E-state index in [2.05, 4.69) is 10.5 Å². The van der Waals surface area contributed by atoms with Crippen molar-refractivity contribution in [3.63, 3.8) is 0 Å². The number of thiazole rings is 1. The minimum absolute atomic E-state index is 0. The third-order valence-corrected chi connectivity index (χ3v) is 0.777. The van der Waals surface area contributed by atoms with Crippen molar-refractivity contribution in [1.82, 2.24) is 4.98 Å². The Labute approximate surface area is 35.8 Å². The molecule has 0 unspecified atom stereocenters. The van der Waals surface area contributed by atoms with Crippen molar-refractivity contribution in [3.8, 4) is 0 Å². The van der Waals surface area contributed by atoms with Gasteiger partial charge in [-0.3, -0.25) is 0 Å². The molecule has 1 aromatic heterocycles. The Morgan fingerprint density at radius 2 is 3.00 bits per heavy atom. The van der Waals surface area contributed by atoms with Gasteiger partial charge in [-0.1, -0.05) is 0 Å². The zero-order valence-electron chi connectivity index (χ0n) is 3.51. The second kappa shape index (κ2) is 1.17. The van der Waals surface area contributed by atoms with Crippen LogP contribution in [0.15, 0.2) is 11.6 Å². The van der Waals surface area contributed by atoms with Gasteiger partial charge >= 0.3 is 1.43 Å². The first-order valence-electron chi connectivity index (χ1n) is 1.25. The predicted molar refractivity (Wildman–Crippen MR) is 22.1 cm³/mol. The Bertz CT molecular complexity index is 67.3. The average Bonchev–Trinajstić information content (AvgIpc) is 1.76. The first-order chi connectivity index (χ1) is 2.50. The molecule has 0 spiro atoms. The summed E-state index contributed by atoms with van der Waals surface area (Å²) in [6, 6.07) is 0. The molecule has 25 valence electrons. The van der Waals surface area contributed by atoms with Crippen LogP contribution in [-0.4, -0.2) is 4.98 Å². The second-order valence-electron chi connectivity index (χ2n) is 0.623. The lowest BCUT2D eigenvalue weighted by atomic mass is 11.0. The smallest absolute Gasteiger partial charge is 0.242 e. The zero-order chi connectivity index (χ0) is 3.54. The van der Waals surface area contributed by atoms with Crippen LogP contribution >= 0.6 is 11.3 Å². The Morgan fingerprint density at radius 3 is 3.20 bits per heavy atom. The minimum Gasteiger partial charge on any atom is -0.242 e. The summed E-state index contributed by atoms with van der Waals surface area (Å²) in [6.45, 7) is 0. The topological polar surface area (TPSA) is 12.9 Å². The lowest BCUT2D eigenvalue weighted by molar-refractivity contribution is 1.41. The first-order valence-corrected chi connectivity index (χ1v) is 2.13. The molecule has 0 N–H and O–H groups in total. The molecular formula is C3H3NS+. The van der Waals surface area contributed by atoms with Gasteiger partial charge in [-0.05, 0) is 0 Å². The molecule has 0 fully saturated rings. The van der Waals surface area contributed by atoms with Crippen molar-refractivity contribution in [3.05, 3.63) is 17.1 Å². The lowest BCUT2D eigenvalue weighted by Crippen LogP contribution is -1.39. The van der Waals surface area contributed by atoms with Gasteiger partial charge in [0.25, 0.3) is 0 Å². The molecular weight excluding hydrogens is 82.1 g/mol. The van der Waals surface area contributed by atoms with Crippen LogP contribution in [0.2, 0.25) is 0 Å². The summed E-state index contributed by atoms with van der Waals surface area (Å²) >= 11 is 1.48. The van der Waals surface area contributed by atoms with E-state index in [0.717, 1.165) is 0 Å². The summed E-state index contributed by atoms with van der Waals surface area (Å²) in [7, 11) is 0. The van der Waals surface area contributed by atoms with Crippen LogP contribution in [0.1, 0.15) is 1.43 Å². The fourth-order valence-corrected chi connectivity index (χ4v) is 0.456. The van der Waals surface area contributed by atoms with Crippen molar-refractivity contribution >= 4 is 11.3 Å². The van der Waals surface area contributed by atoms with E-state index in [9.17, 15) is 0 Å². The number of aromatic nitrogens is 1. The molecule has 1 nitrogen and oxygen atoms in total. The Morgan fingerprint density at radius 1 is 2.00 bits per heavy atom. The third kappa shape index (κ3) is 0.450.